The molecule has 0 saturated heterocycles. The first-order valence-corrected chi connectivity index (χ1v) is 16.3. The van der Waals surface area contributed by atoms with Gasteiger partial charge in [0.15, 0.2) is 0 Å². The van der Waals surface area contributed by atoms with E-state index >= 15 is 0 Å². The number of rotatable bonds is 15. The fraction of sp³-hybridized carbons (Fsp3) is 0.469. The molecular formula is C32H50N2O3S3. The standard InChI is InChI=1S/C28H36N2O3S2.C2H6.CH4S.CH4/c1-4-5-6-7-17-29-23-14-15-24(30-35-26-16-19-34-27(26)28(31)32-3)25(20-23)33-18-8-9-22-12-10-21(2)11-13-22;2*1-2;/h10-16,19-20,29-30H,4-9,17-18H2,1-3H3;1-2H3;2H,1H3;1H4. The number of ether oxygens (including phenoxy) is 2. The third-order valence-electron chi connectivity index (χ3n) is 5.60. The van der Waals surface area contributed by atoms with Crippen molar-refractivity contribution in [3.8, 4) is 5.75 Å². The molecule has 3 aromatic rings. The maximum atomic E-state index is 12.0. The largest absolute Gasteiger partial charge is 0.491 e. The number of aryl methyl sites for hydroxylation is 2. The Labute approximate surface area is 257 Å². The number of methoxy groups -OCH3 is 1. The Morgan fingerprint density at radius 3 is 2.40 bits per heavy atom. The zero-order chi connectivity index (χ0) is 28.9. The van der Waals surface area contributed by atoms with E-state index in [-0.39, 0.29) is 13.4 Å². The first-order valence-electron chi connectivity index (χ1n) is 13.7. The second-order valence-electron chi connectivity index (χ2n) is 8.45. The zero-order valence-electron chi connectivity index (χ0n) is 24.3. The lowest BCUT2D eigenvalue weighted by Gasteiger charge is -2.15. The number of thiol groups is 1. The number of esters is 1. The van der Waals surface area contributed by atoms with Crippen LogP contribution < -0.4 is 14.8 Å². The normalized spacial score (nSPS) is 9.68. The lowest BCUT2D eigenvalue weighted by atomic mass is 10.1. The molecular weight excluding hydrogens is 557 g/mol. The molecule has 3 rings (SSSR count). The van der Waals surface area contributed by atoms with Crippen molar-refractivity contribution < 1.29 is 14.3 Å². The molecule has 0 atom stereocenters. The predicted octanol–water partition coefficient (Wildman–Crippen LogP) is 10.2. The predicted molar refractivity (Wildman–Crippen MR) is 182 cm³/mol. The molecule has 0 bridgehead atoms. The number of anilines is 2. The van der Waals surface area contributed by atoms with Gasteiger partial charge in [0.25, 0.3) is 0 Å². The molecule has 2 N–H and O–H groups in total. The molecule has 0 saturated carbocycles. The number of benzene rings is 2. The Hall–Kier alpha value is -2.29. The van der Waals surface area contributed by atoms with Crippen LogP contribution in [-0.2, 0) is 11.2 Å². The van der Waals surface area contributed by atoms with Gasteiger partial charge in [-0.3, -0.25) is 0 Å². The van der Waals surface area contributed by atoms with Gasteiger partial charge in [0.2, 0.25) is 0 Å². The minimum Gasteiger partial charge on any atom is -0.491 e. The first-order chi connectivity index (χ1) is 19.1. The van der Waals surface area contributed by atoms with Crippen LogP contribution in [0.2, 0.25) is 0 Å². The average Bonchev–Trinajstić information content (AvgIpc) is 3.46. The summed E-state index contributed by atoms with van der Waals surface area (Å²) in [6.45, 7) is 9.91. The van der Waals surface area contributed by atoms with Gasteiger partial charge in [-0.05, 0) is 73.5 Å². The van der Waals surface area contributed by atoms with Gasteiger partial charge in [0, 0.05) is 18.3 Å². The van der Waals surface area contributed by atoms with Crippen LogP contribution in [-0.4, -0.2) is 32.5 Å². The number of nitrogens with one attached hydrogen (secondary N) is 2. The maximum absolute atomic E-state index is 12.0. The summed E-state index contributed by atoms with van der Waals surface area (Å²) in [7, 11) is 1.40. The van der Waals surface area contributed by atoms with E-state index in [0.29, 0.717) is 11.5 Å². The summed E-state index contributed by atoms with van der Waals surface area (Å²) in [4.78, 5) is 13.4. The Balaban J connectivity index is 0.00000291. The van der Waals surface area contributed by atoms with E-state index in [1.165, 1.54) is 60.8 Å². The fourth-order valence-corrected chi connectivity index (χ4v) is 5.32. The van der Waals surface area contributed by atoms with E-state index in [2.05, 4.69) is 72.9 Å². The molecule has 0 aliphatic heterocycles. The van der Waals surface area contributed by atoms with Crippen molar-refractivity contribution in [2.24, 2.45) is 0 Å². The highest BCUT2D eigenvalue weighted by molar-refractivity contribution is 8.00. The van der Waals surface area contributed by atoms with Crippen LogP contribution in [0.1, 0.15) is 81.1 Å². The molecule has 0 aliphatic rings. The van der Waals surface area contributed by atoms with Crippen molar-refractivity contribution in [2.45, 2.75) is 78.5 Å². The Kier molecular flexibility index (Phi) is 22.1. The van der Waals surface area contributed by atoms with Gasteiger partial charge in [-0.2, -0.15) is 12.6 Å². The smallest absolute Gasteiger partial charge is 0.349 e. The lowest BCUT2D eigenvalue weighted by Crippen LogP contribution is -2.05. The van der Waals surface area contributed by atoms with Crippen molar-refractivity contribution >= 4 is 53.3 Å². The lowest BCUT2D eigenvalue weighted by molar-refractivity contribution is 0.0602. The molecule has 1 heterocycles. The highest BCUT2D eigenvalue weighted by Gasteiger charge is 2.15. The monoisotopic (exact) mass is 606 g/mol. The molecule has 8 heteroatoms. The average molecular weight is 607 g/mol. The number of hydrogen-bond donors (Lipinski definition) is 3. The van der Waals surface area contributed by atoms with Crippen molar-refractivity contribution in [3.63, 3.8) is 0 Å². The van der Waals surface area contributed by atoms with Gasteiger partial charge in [-0.15, -0.1) is 11.3 Å². The highest BCUT2D eigenvalue weighted by Crippen LogP contribution is 2.35. The van der Waals surface area contributed by atoms with Gasteiger partial charge >= 0.3 is 5.97 Å². The molecule has 0 unspecified atom stereocenters. The summed E-state index contributed by atoms with van der Waals surface area (Å²) >= 11 is 6.30. The van der Waals surface area contributed by atoms with Crippen molar-refractivity contribution in [3.05, 3.63) is 69.9 Å². The number of thiophene rings is 1. The number of carbonyl (C=O) groups excluding carboxylic acids is 1. The summed E-state index contributed by atoms with van der Waals surface area (Å²) in [5, 5.41) is 5.41. The van der Waals surface area contributed by atoms with Gasteiger partial charge in [0.05, 0.1) is 24.3 Å². The van der Waals surface area contributed by atoms with Crippen molar-refractivity contribution in [1.82, 2.24) is 0 Å². The van der Waals surface area contributed by atoms with Crippen LogP contribution in [0.4, 0.5) is 11.4 Å². The molecule has 0 radical (unpaired) electrons. The van der Waals surface area contributed by atoms with E-state index in [0.717, 1.165) is 47.8 Å². The molecule has 2 aromatic carbocycles. The van der Waals surface area contributed by atoms with Crippen LogP contribution in [0.15, 0.2) is 58.8 Å². The van der Waals surface area contributed by atoms with E-state index in [4.69, 9.17) is 9.47 Å². The maximum Gasteiger partial charge on any atom is 0.349 e. The quantitative estimate of drug-likeness (QED) is 0.0692. The molecule has 0 spiro atoms. The minimum atomic E-state index is -0.320. The second-order valence-corrected chi connectivity index (χ2v) is 10.2. The van der Waals surface area contributed by atoms with E-state index < -0.39 is 0 Å². The third-order valence-corrected chi connectivity index (χ3v) is 7.51. The van der Waals surface area contributed by atoms with Crippen LogP contribution in [0.25, 0.3) is 0 Å². The molecule has 224 valence electrons. The van der Waals surface area contributed by atoms with Gasteiger partial charge in [0.1, 0.15) is 10.6 Å². The van der Waals surface area contributed by atoms with Gasteiger partial charge in [-0.1, -0.05) is 77.3 Å². The third kappa shape index (κ3) is 13.9. The van der Waals surface area contributed by atoms with Gasteiger partial charge in [-0.25, -0.2) is 4.79 Å². The molecule has 1 aromatic heterocycles. The van der Waals surface area contributed by atoms with Crippen LogP contribution in [0.5, 0.6) is 5.75 Å². The molecule has 0 amide bonds. The highest BCUT2D eigenvalue weighted by atomic mass is 32.2. The topological polar surface area (TPSA) is 59.6 Å². The number of hydrogen-bond acceptors (Lipinski definition) is 8. The van der Waals surface area contributed by atoms with E-state index in [9.17, 15) is 4.79 Å². The van der Waals surface area contributed by atoms with Crippen LogP contribution >= 0.6 is 35.9 Å². The fourth-order valence-electron chi connectivity index (χ4n) is 3.56. The minimum absolute atomic E-state index is 0. The zero-order valence-corrected chi connectivity index (χ0v) is 26.9. The Morgan fingerprint density at radius 1 is 1.00 bits per heavy atom. The molecule has 5 nitrogen and oxygen atoms in total. The Bertz CT molecular complexity index is 1060. The number of unbranched alkanes of at least 4 members (excludes halogenated alkanes) is 3. The summed E-state index contributed by atoms with van der Waals surface area (Å²) in [5.74, 6) is 0.481. The summed E-state index contributed by atoms with van der Waals surface area (Å²) in [6.07, 6.45) is 8.51. The summed E-state index contributed by atoms with van der Waals surface area (Å²) in [6, 6.07) is 16.7. The van der Waals surface area contributed by atoms with Crippen molar-refractivity contribution in [2.75, 3.05) is 36.6 Å². The second kappa shape index (κ2) is 23.4. The van der Waals surface area contributed by atoms with E-state index in [1.54, 1.807) is 6.26 Å². The summed E-state index contributed by atoms with van der Waals surface area (Å²) < 4.78 is 14.5. The van der Waals surface area contributed by atoms with E-state index in [1.807, 2.05) is 31.4 Å². The van der Waals surface area contributed by atoms with Gasteiger partial charge < -0.3 is 19.5 Å². The molecule has 0 aliphatic carbocycles. The molecule has 40 heavy (non-hydrogen) atoms. The van der Waals surface area contributed by atoms with Crippen molar-refractivity contribution in [1.29, 1.82) is 0 Å². The number of carbonyl (C=O) groups is 1. The SMILES string of the molecule is C.CC.CCCCCCNc1ccc(NSc2ccsc2C(=O)OC)c(OCCCc2ccc(C)cc2)c1.CS. The molecule has 0 fully saturated rings. The summed E-state index contributed by atoms with van der Waals surface area (Å²) in [5.41, 5.74) is 4.53. The van der Waals surface area contributed by atoms with Crippen LogP contribution in [0, 0.1) is 6.92 Å². The first kappa shape index (κ1) is 37.7. The van der Waals surface area contributed by atoms with Crippen LogP contribution in [0.3, 0.4) is 0 Å². The Morgan fingerprint density at radius 2 is 1.73 bits per heavy atom.